The molecule has 0 saturated heterocycles. The van der Waals surface area contributed by atoms with E-state index in [4.69, 9.17) is 4.42 Å². The van der Waals surface area contributed by atoms with Gasteiger partial charge in [0.2, 0.25) is 0 Å². The van der Waals surface area contributed by atoms with Crippen LogP contribution in [0.25, 0.3) is 0 Å². The van der Waals surface area contributed by atoms with Crippen LogP contribution in [-0.4, -0.2) is 12.0 Å². The Morgan fingerprint density at radius 2 is 2.21 bits per heavy atom. The van der Waals surface area contributed by atoms with Crippen LogP contribution < -0.4 is 5.32 Å². The molecule has 1 heterocycles. The van der Waals surface area contributed by atoms with Gasteiger partial charge in [-0.3, -0.25) is 10.1 Å². The van der Waals surface area contributed by atoms with Crippen LogP contribution in [-0.2, 0) is 6.42 Å². The van der Waals surface area contributed by atoms with E-state index in [9.17, 15) is 14.5 Å². The van der Waals surface area contributed by atoms with Crippen molar-refractivity contribution >= 4 is 5.88 Å². The normalized spacial score (nSPS) is 12.3. The Hall–Kier alpha value is -2.21. The number of furan rings is 1. The van der Waals surface area contributed by atoms with Crippen molar-refractivity contribution in [3.63, 3.8) is 0 Å². The molecule has 0 spiro atoms. The minimum atomic E-state index is -0.585. The zero-order valence-electron chi connectivity index (χ0n) is 10.3. The molecule has 6 heteroatoms. The molecule has 2 rings (SSSR count). The molecule has 0 bridgehead atoms. The third-order valence-electron chi connectivity index (χ3n) is 2.81. The first kappa shape index (κ1) is 13.2. The average Bonchev–Trinajstić information content (AvgIpc) is 2.85. The van der Waals surface area contributed by atoms with Gasteiger partial charge in [-0.05, 0) is 37.2 Å². The summed E-state index contributed by atoms with van der Waals surface area (Å²) in [6.45, 7) is 0. The molecule has 1 N–H and O–H groups in total. The number of hydrogen-bond acceptors (Lipinski definition) is 4. The number of likely N-dealkylation sites (N-methyl/N-ethyl adjacent to an activating group) is 1. The van der Waals surface area contributed by atoms with E-state index in [-0.39, 0.29) is 17.7 Å². The van der Waals surface area contributed by atoms with Crippen LogP contribution in [0.4, 0.5) is 10.3 Å². The van der Waals surface area contributed by atoms with E-state index in [1.54, 1.807) is 25.2 Å². The number of rotatable bonds is 5. The molecule has 0 aliphatic rings. The summed E-state index contributed by atoms with van der Waals surface area (Å²) in [6.07, 6.45) is 0.485. The van der Waals surface area contributed by atoms with Gasteiger partial charge in [0.1, 0.15) is 16.5 Å². The molecule has 2 aromatic rings. The predicted molar refractivity (Wildman–Crippen MR) is 67.3 cm³/mol. The Morgan fingerprint density at radius 1 is 1.42 bits per heavy atom. The van der Waals surface area contributed by atoms with E-state index in [0.29, 0.717) is 12.2 Å². The van der Waals surface area contributed by atoms with E-state index in [0.717, 1.165) is 5.56 Å². The Bertz CT molecular complexity index is 583. The lowest BCUT2D eigenvalue weighted by molar-refractivity contribution is -0.402. The second-order valence-corrected chi connectivity index (χ2v) is 4.11. The number of nitrogens with zero attached hydrogens (tertiary/aromatic N) is 1. The Kier molecular flexibility index (Phi) is 3.91. The highest BCUT2D eigenvalue weighted by molar-refractivity contribution is 5.23. The summed E-state index contributed by atoms with van der Waals surface area (Å²) < 4.78 is 18.2. The molecule has 1 aromatic heterocycles. The SMILES string of the molecule is CNC(Cc1cccc(F)c1)c1ccc([N+](=O)[O-])o1. The molecule has 0 radical (unpaired) electrons. The zero-order chi connectivity index (χ0) is 13.8. The van der Waals surface area contributed by atoms with Crippen molar-refractivity contribution in [2.75, 3.05) is 7.05 Å². The average molecular weight is 264 g/mol. The van der Waals surface area contributed by atoms with Crippen LogP contribution in [0.1, 0.15) is 17.4 Å². The monoisotopic (exact) mass is 264 g/mol. The maximum absolute atomic E-state index is 13.1. The first-order chi connectivity index (χ1) is 9.10. The number of nitrogens with one attached hydrogen (secondary N) is 1. The fraction of sp³-hybridized carbons (Fsp3) is 0.231. The highest BCUT2D eigenvalue weighted by Gasteiger charge is 2.19. The quantitative estimate of drug-likeness (QED) is 0.666. The Balaban J connectivity index is 2.17. The second-order valence-electron chi connectivity index (χ2n) is 4.11. The van der Waals surface area contributed by atoms with Crippen molar-refractivity contribution in [2.24, 2.45) is 0 Å². The van der Waals surface area contributed by atoms with Gasteiger partial charge < -0.3 is 9.73 Å². The Morgan fingerprint density at radius 3 is 2.79 bits per heavy atom. The second kappa shape index (κ2) is 5.62. The van der Waals surface area contributed by atoms with Crippen molar-refractivity contribution in [1.29, 1.82) is 0 Å². The molecule has 1 unspecified atom stereocenters. The summed E-state index contributed by atoms with van der Waals surface area (Å²) in [5.74, 6) is -0.147. The lowest BCUT2D eigenvalue weighted by atomic mass is 10.0. The third-order valence-corrected chi connectivity index (χ3v) is 2.81. The minimum absolute atomic E-state index is 0.240. The molecule has 0 amide bonds. The van der Waals surface area contributed by atoms with Crippen LogP contribution in [0.5, 0.6) is 0 Å². The number of halogens is 1. The fourth-order valence-corrected chi connectivity index (χ4v) is 1.87. The van der Waals surface area contributed by atoms with E-state index in [2.05, 4.69) is 5.32 Å². The van der Waals surface area contributed by atoms with Crippen molar-refractivity contribution in [3.05, 3.63) is 63.7 Å². The highest BCUT2D eigenvalue weighted by atomic mass is 19.1. The zero-order valence-corrected chi connectivity index (χ0v) is 10.3. The van der Waals surface area contributed by atoms with E-state index < -0.39 is 4.92 Å². The number of hydrogen-bond donors (Lipinski definition) is 1. The van der Waals surface area contributed by atoms with Crippen LogP contribution in [0, 0.1) is 15.9 Å². The minimum Gasteiger partial charge on any atom is -0.404 e. The Labute approximate surface area is 109 Å². The van der Waals surface area contributed by atoms with Gasteiger partial charge in [0, 0.05) is 0 Å². The van der Waals surface area contributed by atoms with Gasteiger partial charge in [-0.2, -0.15) is 0 Å². The van der Waals surface area contributed by atoms with Gasteiger partial charge in [0.25, 0.3) is 0 Å². The molecular weight excluding hydrogens is 251 g/mol. The molecule has 0 saturated carbocycles. The molecule has 0 aliphatic carbocycles. The van der Waals surface area contributed by atoms with E-state index >= 15 is 0 Å². The highest BCUT2D eigenvalue weighted by Crippen LogP contribution is 2.24. The van der Waals surface area contributed by atoms with Crippen LogP contribution in [0.2, 0.25) is 0 Å². The summed E-state index contributed by atoms with van der Waals surface area (Å²) in [7, 11) is 1.72. The van der Waals surface area contributed by atoms with Crippen LogP contribution >= 0.6 is 0 Å². The molecule has 0 aliphatic heterocycles. The lowest BCUT2D eigenvalue weighted by Gasteiger charge is -2.13. The third kappa shape index (κ3) is 3.17. The summed E-state index contributed by atoms with van der Waals surface area (Å²) in [5, 5.41) is 13.6. The summed E-state index contributed by atoms with van der Waals surface area (Å²) in [5.41, 5.74) is 0.790. The molecule has 5 nitrogen and oxygen atoms in total. The molecule has 19 heavy (non-hydrogen) atoms. The van der Waals surface area contributed by atoms with Gasteiger partial charge in [-0.25, -0.2) is 4.39 Å². The first-order valence-electron chi connectivity index (χ1n) is 5.76. The van der Waals surface area contributed by atoms with Gasteiger partial charge in [0.15, 0.2) is 0 Å². The maximum Gasteiger partial charge on any atom is 0.433 e. The summed E-state index contributed by atoms with van der Waals surface area (Å²) in [4.78, 5) is 9.99. The van der Waals surface area contributed by atoms with Crippen molar-refractivity contribution < 1.29 is 13.7 Å². The smallest absolute Gasteiger partial charge is 0.404 e. The molecule has 0 fully saturated rings. The van der Waals surface area contributed by atoms with Gasteiger partial charge in [-0.15, -0.1) is 0 Å². The summed E-state index contributed by atoms with van der Waals surface area (Å²) >= 11 is 0. The summed E-state index contributed by atoms with van der Waals surface area (Å²) in [6, 6.07) is 8.85. The van der Waals surface area contributed by atoms with Crippen molar-refractivity contribution in [2.45, 2.75) is 12.5 Å². The van der Waals surface area contributed by atoms with E-state index in [1.165, 1.54) is 18.2 Å². The maximum atomic E-state index is 13.1. The standard InChI is InChI=1S/C13H13FN2O3/c1-15-11(8-9-3-2-4-10(14)7-9)12-5-6-13(19-12)16(17)18/h2-7,11,15H,8H2,1H3. The molecule has 1 atom stereocenters. The number of benzene rings is 1. The van der Waals surface area contributed by atoms with Crippen molar-refractivity contribution in [3.8, 4) is 0 Å². The molecule has 100 valence electrons. The first-order valence-corrected chi connectivity index (χ1v) is 5.76. The van der Waals surface area contributed by atoms with Gasteiger partial charge in [-0.1, -0.05) is 12.1 Å². The van der Waals surface area contributed by atoms with Gasteiger partial charge in [0.05, 0.1) is 12.1 Å². The lowest BCUT2D eigenvalue weighted by Crippen LogP contribution is -2.18. The molecule has 1 aromatic carbocycles. The topological polar surface area (TPSA) is 68.3 Å². The predicted octanol–water partition coefficient (Wildman–Crippen LogP) is 2.83. The largest absolute Gasteiger partial charge is 0.433 e. The van der Waals surface area contributed by atoms with Crippen LogP contribution in [0.15, 0.2) is 40.8 Å². The molecular formula is C13H13FN2O3. The number of nitro groups is 1. The van der Waals surface area contributed by atoms with Crippen LogP contribution in [0.3, 0.4) is 0 Å². The van der Waals surface area contributed by atoms with Crippen molar-refractivity contribution in [1.82, 2.24) is 5.32 Å². The van der Waals surface area contributed by atoms with E-state index in [1.807, 2.05) is 0 Å². The fourth-order valence-electron chi connectivity index (χ4n) is 1.87. The van der Waals surface area contributed by atoms with Gasteiger partial charge >= 0.3 is 5.88 Å².